The number of fused-ring (bicyclic) bond motifs is 6. The number of thiophene rings is 5. The molecule has 1 aliphatic rings. The summed E-state index contributed by atoms with van der Waals surface area (Å²) in [5.74, 6) is 0.915. The second-order valence-electron chi connectivity index (χ2n) is 28.4. The number of benzene rings is 3. The normalized spacial score (nSPS) is 13.9. The topological polar surface area (TPSA) is 63.2 Å². The van der Waals surface area contributed by atoms with Gasteiger partial charge in [-0.3, -0.25) is 14.5 Å². The maximum absolute atomic E-state index is 15.5. The van der Waals surface area contributed by atoms with Crippen molar-refractivity contribution in [1.29, 1.82) is 0 Å². The summed E-state index contributed by atoms with van der Waals surface area (Å²) in [6.07, 6.45) is 46.0. The summed E-state index contributed by atoms with van der Waals surface area (Å²) in [6, 6.07) is 14.9. The summed E-state index contributed by atoms with van der Waals surface area (Å²) < 4.78 is 16.3. The lowest BCUT2D eigenvalue weighted by Gasteiger charge is -2.32. The summed E-state index contributed by atoms with van der Waals surface area (Å²) >= 11 is 11.0. The lowest BCUT2D eigenvalue weighted by molar-refractivity contribution is 0.0528. The summed E-state index contributed by atoms with van der Waals surface area (Å²) in [5.41, 5.74) is 11.9. The van der Waals surface area contributed by atoms with Gasteiger partial charge < -0.3 is 0 Å². The van der Waals surface area contributed by atoms with Gasteiger partial charge in [-0.25, -0.2) is 0 Å². The van der Waals surface area contributed by atoms with Crippen molar-refractivity contribution in [2.24, 2.45) is 11.8 Å². The molecular formula is C83H115N3O2S6. The quantitative estimate of drug-likeness (QED) is 0.0282. The predicted octanol–water partition coefficient (Wildman–Crippen LogP) is 29.0. The minimum Gasteiger partial charge on any atom is -0.271 e. The molecular weight excluding hydrogens is 1260 g/mol. The lowest BCUT2D eigenvalue weighted by Crippen LogP contribution is -2.42. The van der Waals surface area contributed by atoms with E-state index in [2.05, 4.69) is 106 Å². The highest BCUT2D eigenvalue weighted by molar-refractivity contribution is 7.27. The highest BCUT2D eigenvalue weighted by Gasteiger charge is 2.45. The van der Waals surface area contributed by atoms with E-state index in [0.717, 1.165) is 103 Å². The van der Waals surface area contributed by atoms with Crippen molar-refractivity contribution < 1.29 is 9.59 Å². The van der Waals surface area contributed by atoms with E-state index in [4.69, 9.17) is 8.75 Å². The number of hydrogen-bond acceptors (Lipinski definition) is 10. The smallest absolute Gasteiger partial charge is 0.263 e. The van der Waals surface area contributed by atoms with Crippen LogP contribution in [0.3, 0.4) is 0 Å². The number of aromatic nitrogens is 2. The zero-order valence-corrected chi connectivity index (χ0v) is 64.6. The Kier molecular flexibility index (Phi) is 28.2. The number of amides is 2. The van der Waals surface area contributed by atoms with Crippen LogP contribution in [0.5, 0.6) is 0 Å². The minimum atomic E-state index is -0.0829. The first-order valence-corrected chi connectivity index (χ1v) is 43.1. The van der Waals surface area contributed by atoms with Gasteiger partial charge in [0.15, 0.2) is 0 Å². The standard InChI is InChI=1S/C83H115N3O2S6/c1-11-19-25-29-33-37-43-60-66-49-55(9)89-77(66)61(44-38-34-30-26-20-12-2)67-52-70(91-78(60)67)64-47-48-65(76-75(64)84-94-85-76)71-53-68-62(45-39-35-31-27-21-13-3)80-69(63(79(68)92-71)46-40-36-32-28-22-14-4)54-72(93-80)81-74-73(56(10)90-81)82(87)86(83(74)88)59(50-57(17-7)41-23-15-5)51-58(18-8)42-24-16-6/h47-49,52-54,57-59H,11-46,50-51H2,1-10H3. The van der Waals surface area contributed by atoms with Gasteiger partial charge in [-0.2, -0.15) is 8.75 Å². The van der Waals surface area contributed by atoms with E-state index in [-0.39, 0.29) is 17.9 Å². The van der Waals surface area contributed by atoms with E-state index in [9.17, 15) is 0 Å². The van der Waals surface area contributed by atoms with Crippen LogP contribution in [0.1, 0.15) is 326 Å². The molecule has 3 aromatic carbocycles. The number of imide groups is 1. The van der Waals surface area contributed by atoms with Crippen molar-refractivity contribution >= 4 is 132 Å². The first kappa shape index (κ1) is 72.9. The highest BCUT2D eigenvalue weighted by atomic mass is 32.1. The molecule has 9 aromatic rings. The molecule has 510 valence electrons. The van der Waals surface area contributed by atoms with Crippen molar-refractivity contribution in [1.82, 2.24) is 13.6 Å². The van der Waals surface area contributed by atoms with Gasteiger partial charge in [0.2, 0.25) is 0 Å². The number of unbranched alkanes of at least 4 members (excludes halogenated alkanes) is 22. The fourth-order valence-corrected chi connectivity index (χ4v) is 22.6. The van der Waals surface area contributed by atoms with Crippen LogP contribution in [0.2, 0.25) is 0 Å². The van der Waals surface area contributed by atoms with Crippen molar-refractivity contribution in [3.63, 3.8) is 0 Å². The number of rotatable bonds is 44. The van der Waals surface area contributed by atoms with Crippen LogP contribution in [0.15, 0.2) is 36.4 Å². The van der Waals surface area contributed by atoms with Crippen molar-refractivity contribution in [2.75, 3.05) is 0 Å². The molecule has 0 spiro atoms. The molecule has 0 saturated carbocycles. The molecule has 1 aliphatic heterocycles. The zero-order chi connectivity index (χ0) is 66.1. The number of carbonyl (C=O) groups excluding carboxylic acids is 2. The maximum Gasteiger partial charge on any atom is 0.263 e. The highest BCUT2D eigenvalue weighted by Crippen LogP contribution is 2.53. The van der Waals surface area contributed by atoms with Gasteiger partial charge in [-0.1, -0.05) is 247 Å². The van der Waals surface area contributed by atoms with E-state index in [1.54, 1.807) is 27.4 Å². The number of hydrogen-bond donors (Lipinski definition) is 0. The predicted molar refractivity (Wildman–Crippen MR) is 421 cm³/mol. The first-order valence-electron chi connectivity index (χ1n) is 38.3. The van der Waals surface area contributed by atoms with Gasteiger partial charge in [-0.05, 0) is 158 Å². The molecule has 0 aliphatic carbocycles. The lowest BCUT2D eigenvalue weighted by atomic mass is 9.84. The Bertz CT molecular complexity index is 3740. The van der Waals surface area contributed by atoms with Gasteiger partial charge in [0, 0.05) is 60.4 Å². The Hall–Kier alpha value is -3.84. The molecule has 0 N–H and O–H groups in total. The van der Waals surface area contributed by atoms with E-state index in [0.29, 0.717) is 23.0 Å². The van der Waals surface area contributed by atoms with Crippen molar-refractivity contribution in [3.8, 4) is 30.6 Å². The molecule has 7 heterocycles. The molecule has 2 unspecified atom stereocenters. The maximum atomic E-state index is 15.5. The molecule has 11 heteroatoms. The third-order valence-corrected chi connectivity index (χ3v) is 27.9. The van der Waals surface area contributed by atoms with E-state index in [1.807, 2.05) is 45.3 Å². The van der Waals surface area contributed by atoms with Crippen LogP contribution in [-0.4, -0.2) is 31.5 Å². The van der Waals surface area contributed by atoms with Gasteiger partial charge in [-0.15, -0.1) is 56.7 Å². The SMILES string of the molecule is CCCCCCCCc1c2cc(-c3ccc(-c4cc5c(CCCCCCCC)c6sc(-c7sc(C)c8c7C(=O)N(C(CC(CC)CCCC)CC(CC)CCCC)C8=O)cc6c(CCCCCCCC)c5s4)c4nsnc34)sc2c(CCCCCCCC)c2cc(C)sc12. The molecule has 5 nitrogen and oxygen atoms in total. The van der Waals surface area contributed by atoms with E-state index >= 15 is 9.59 Å². The van der Waals surface area contributed by atoms with E-state index < -0.39 is 0 Å². The summed E-state index contributed by atoms with van der Waals surface area (Å²) in [7, 11) is 0. The van der Waals surface area contributed by atoms with Crippen LogP contribution in [-0.2, 0) is 25.7 Å². The number of nitrogens with zero attached hydrogens (tertiary/aromatic N) is 3. The zero-order valence-electron chi connectivity index (χ0n) is 59.7. The number of carbonyl (C=O) groups is 2. The van der Waals surface area contributed by atoms with Gasteiger partial charge in [0.25, 0.3) is 11.8 Å². The Labute approximate surface area is 591 Å². The summed E-state index contributed by atoms with van der Waals surface area (Å²) in [4.78, 5) is 39.7. The fraction of sp³-hybridized carbons (Fsp3) is 0.614. The molecule has 6 aromatic heterocycles. The van der Waals surface area contributed by atoms with Crippen LogP contribution in [0.25, 0.3) is 82.0 Å². The van der Waals surface area contributed by atoms with Crippen LogP contribution >= 0.6 is 68.4 Å². The molecule has 94 heavy (non-hydrogen) atoms. The molecule has 0 saturated heterocycles. The largest absolute Gasteiger partial charge is 0.271 e. The second kappa shape index (κ2) is 36.3. The molecule has 10 rings (SSSR count). The molecule has 2 amide bonds. The van der Waals surface area contributed by atoms with Crippen LogP contribution < -0.4 is 0 Å². The molecule has 0 fully saturated rings. The third-order valence-electron chi connectivity index (χ3n) is 21.4. The molecule has 0 bridgehead atoms. The Morgan fingerprint density at radius 3 is 1.15 bits per heavy atom. The van der Waals surface area contributed by atoms with Crippen molar-refractivity contribution in [2.45, 2.75) is 319 Å². The minimum absolute atomic E-state index is 0.0414. The Morgan fingerprint density at radius 1 is 0.394 bits per heavy atom. The van der Waals surface area contributed by atoms with Crippen molar-refractivity contribution in [3.05, 3.63) is 79.5 Å². The first-order chi connectivity index (χ1) is 46.0. The van der Waals surface area contributed by atoms with Gasteiger partial charge in [0.05, 0.1) is 27.7 Å². The third kappa shape index (κ3) is 16.9. The van der Waals surface area contributed by atoms with Gasteiger partial charge >= 0.3 is 0 Å². The number of aryl methyl sites for hydroxylation is 6. The summed E-state index contributed by atoms with van der Waals surface area (Å²) in [6.45, 7) is 22.9. The molecule has 0 radical (unpaired) electrons. The van der Waals surface area contributed by atoms with Crippen LogP contribution in [0.4, 0.5) is 0 Å². The Morgan fingerprint density at radius 2 is 0.745 bits per heavy atom. The average molecular weight is 1380 g/mol. The van der Waals surface area contributed by atoms with Crippen LogP contribution in [0, 0.1) is 25.7 Å². The average Bonchev–Trinajstić information content (AvgIpc) is 1.57. The Balaban J connectivity index is 1.07. The monoisotopic (exact) mass is 1380 g/mol. The summed E-state index contributed by atoms with van der Waals surface area (Å²) in [5, 5.41) is 5.78. The second-order valence-corrected chi connectivity index (χ2v) is 34.6. The molecule has 2 atom stereocenters. The van der Waals surface area contributed by atoms with Gasteiger partial charge in [0.1, 0.15) is 11.0 Å². The van der Waals surface area contributed by atoms with E-state index in [1.165, 1.54) is 256 Å². The fourth-order valence-electron chi connectivity index (χ4n) is 15.8.